The van der Waals surface area contributed by atoms with Gasteiger partial charge in [0, 0.05) is 5.39 Å². The van der Waals surface area contributed by atoms with Crippen LogP contribution in [0.3, 0.4) is 0 Å². The zero-order valence-corrected chi connectivity index (χ0v) is 25.0. The van der Waals surface area contributed by atoms with E-state index in [-0.39, 0.29) is 11.3 Å². The minimum Gasteiger partial charge on any atom is -0.503 e. The molecule has 0 bridgehead atoms. The lowest BCUT2D eigenvalue weighted by Gasteiger charge is -2.25. The van der Waals surface area contributed by atoms with Crippen LogP contribution < -0.4 is 19.1 Å². The molecule has 0 aliphatic carbocycles. The van der Waals surface area contributed by atoms with Crippen molar-refractivity contribution in [2.45, 2.75) is 33.2 Å². The van der Waals surface area contributed by atoms with Gasteiger partial charge in [0.1, 0.15) is 0 Å². The van der Waals surface area contributed by atoms with Gasteiger partial charge in [0.05, 0.1) is 42.2 Å². The van der Waals surface area contributed by atoms with Gasteiger partial charge in [0.2, 0.25) is 5.78 Å². The number of carbonyl (C=O) groups is 2. The van der Waals surface area contributed by atoms with E-state index in [1.165, 1.54) is 23.3 Å². The van der Waals surface area contributed by atoms with Crippen LogP contribution in [-0.4, -0.2) is 42.1 Å². The van der Waals surface area contributed by atoms with E-state index >= 15 is 0 Å². The molecule has 1 aliphatic rings. The summed E-state index contributed by atoms with van der Waals surface area (Å²) in [5.41, 5.74) is 2.57. The number of aliphatic hydroxyl groups is 1. The number of aliphatic hydroxyl groups excluding tert-OH is 1. The molecule has 9 nitrogen and oxygen atoms in total. The Hall–Kier alpha value is -4.83. The first-order chi connectivity index (χ1) is 20.8. The minimum absolute atomic E-state index is 0.0337. The third kappa shape index (κ3) is 4.97. The average molecular weight is 599 g/mol. The first-order valence-electron chi connectivity index (χ1n) is 14.0. The fourth-order valence-electron chi connectivity index (χ4n) is 5.21. The lowest BCUT2D eigenvalue weighted by atomic mass is 9.95. The lowest BCUT2D eigenvalue weighted by Crippen LogP contribution is -2.31. The van der Waals surface area contributed by atoms with Crippen LogP contribution >= 0.6 is 11.3 Å². The number of hydrogen-bond donors (Lipinski definition) is 1. The zero-order valence-electron chi connectivity index (χ0n) is 24.2. The van der Waals surface area contributed by atoms with Crippen molar-refractivity contribution in [3.05, 3.63) is 88.9 Å². The number of thiazole rings is 1. The standard InChI is InChI=1S/C33H30N2O7S/c1-5-14-41-22-13-11-19(16-24(22)40-6-2)28-27(29(36)25-17-20-8-7-9-23(39-4)31(20)42-25)30(37)32(38)35(28)33-34-21-12-10-18(3)15-26(21)43-33/h7-13,15-17,28,37H,5-6,14H2,1-4H3. The Balaban J connectivity index is 1.51. The van der Waals surface area contributed by atoms with Crippen molar-refractivity contribution in [1.29, 1.82) is 0 Å². The molecule has 6 rings (SSSR count). The number of aromatic nitrogens is 1. The highest BCUT2D eigenvalue weighted by molar-refractivity contribution is 7.22. The van der Waals surface area contributed by atoms with Crippen LogP contribution in [0.25, 0.3) is 21.2 Å². The summed E-state index contributed by atoms with van der Waals surface area (Å²) in [5.74, 6) is -0.587. The van der Waals surface area contributed by atoms with Crippen LogP contribution in [-0.2, 0) is 4.79 Å². The maximum atomic E-state index is 14.2. The van der Waals surface area contributed by atoms with Crippen molar-refractivity contribution in [1.82, 2.24) is 4.98 Å². The fraction of sp³-hybridized carbons (Fsp3) is 0.242. The number of furan rings is 1. The van der Waals surface area contributed by atoms with Crippen LogP contribution in [0.15, 0.2) is 76.4 Å². The number of aryl methyl sites for hydroxylation is 1. The van der Waals surface area contributed by atoms with E-state index in [0.717, 1.165) is 16.7 Å². The van der Waals surface area contributed by atoms with Gasteiger partial charge >= 0.3 is 0 Å². The maximum absolute atomic E-state index is 14.2. The topological polar surface area (TPSA) is 111 Å². The van der Waals surface area contributed by atoms with E-state index < -0.39 is 23.5 Å². The molecule has 3 aromatic carbocycles. The van der Waals surface area contributed by atoms with E-state index in [2.05, 4.69) is 0 Å². The van der Waals surface area contributed by atoms with Gasteiger partial charge in [-0.3, -0.25) is 14.5 Å². The Morgan fingerprint density at radius 1 is 1.05 bits per heavy atom. The van der Waals surface area contributed by atoms with Crippen LogP contribution in [0, 0.1) is 6.92 Å². The molecule has 10 heteroatoms. The van der Waals surface area contributed by atoms with Crippen molar-refractivity contribution in [2.75, 3.05) is 25.2 Å². The van der Waals surface area contributed by atoms with Crippen molar-refractivity contribution < 1.29 is 33.3 Å². The van der Waals surface area contributed by atoms with Crippen molar-refractivity contribution >= 4 is 49.3 Å². The minimum atomic E-state index is -1.02. The molecular formula is C33H30N2O7S. The molecule has 1 atom stereocenters. The number of methoxy groups -OCH3 is 1. The van der Waals surface area contributed by atoms with E-state index in [9.17, 15) is 14.7 Å². The Labute approximate surface area is 251 Å². The molecule has 0 fully saturated rings. The van der Waals surface area contributed by atoms with Gasteiger partial charge < -0.3 is 23.7 Å². The van der Waals surface area contributed by atoms with Gasteiger partial charge in [-0.2, -0.15) is 0 Å². The largest absolute Gasteiger partial charge is 0.503 e. The molecule has 43 heavy (non-hydrogen) atoms. The maximum Gasteiger partial charge on any atom is 0.296 e. The van der Waals surface area contributed by atoms with E-state index in [0.29, 0.717) is 57.6 Å². The highest BCUT2D eigenvalue weighted by atomic mass is 32.1. The molecule has 3 heterocycles. The molecule has 0 spiro atoms. The summed E-state index contributed by atoms with van der Waals surface area (Å²) < 4.78 is 24.0. The predicted octanol–water partition coefficient (Wildman–Crippen LogP) is 7.33. The number of anilines is 1. The zero-order chi connectivity index (χ0) is 30.2. The summed E-state index contributed by atoms with van der Waals surface area (Å²) in [4.78, 5) is 34.0. The second-order valence-electron chi connectivity index (χ2n) is 10.1. The molecule has 1 amide bonds. The van der Waals surface area contributed by atoms with Gasteiger partial charge in [-0.15, -0.1) is 0 Å². The number of ether oxygens (including phenoxy) is 3. The Morgan fingerprint density at radius 3 is 2.65 bits per heavy atom. The predicted molar refractivity (Wildman–Crippen MR) is 165 cm³/mol. The number of rotatable bonds is 10. The summed E-state index contributed by atoms with van der Waals surface area (Å²) in [6, 6.07) is 17.0. The highest BCUT2D eigenvalue weighted by Crippen LogP contribution is 2.46. The monoisotopic (exact) mass is 598 g/mol. The second-order valence-corrected chi connectivity index (χ2v) is 11.1. The number of ketones is 1. The van der Waals surface area contributed by atoms with Crippen molar-refractivity contribution in [3.8, 4) is 17.2 Å². The first-order valence-corrected chi connectivity index (χ1v) is 14.8. The van der Waals surface area contributed by atoms with E-state index in [1.54, 1.807) is 42.5 Å². The Kier molecular flexibility index (Phi) is 7.53. The molecule has 0 saturated carbocycles. The molecular weight excluding hydrogens is 568 g/mol. The summed E-state index contributed by atoms with van der Waals surface area (Å²) in [5, 5.41) is 12.3. The number of fused-ring (bicyclic) bond motifs is 2. The molecule has 2 aromatic heterocycles. The van der Waals surface area contributed by atoms with Gasteiger partial charge in [-0.1, -0.05) is 42.5 Å². The van der Waals surface area contributed by atoms with Crippen molar-refractivity contribution in [2.24, 2.45) is 0 Å². The highest BCUT2D eigenvalue weighted by Gasteiger charge is 2.47. The molecule has 5 aromatic rings. The molecule has 1 aliphatic heterocycles. The SMILES string of the molecule is CCCOc1ccc(C2C(C(=O)c3cc4cccc(OC)c4o3)=C(O)C(=O)N2c2nc3ccc(C)cc3s2)cc1OCC. The van der Waals surface area contributed by atoms with E-state index in [4.69, 9.17) is 23.6 Å². The van der Waals surface area contributed by atoms with Gasteiger partial charge in [-0.25, -0.2) is 4.98 Å². The number of hydrogen-bond acceptors (Lipinski definition) is 9. The summed E-state index contributed by atoms with van der Waals surface area (Å²) in [7, 11) is 1.51. The van der Waals surface area contributed by atoms with Crippen LogP contribution in [0.5, 0.6) is 17.2 Å². The Morgan fingerprint density at radius 2 is 1.88 bits per heavy atom. The molecule has 0 saturated heterocycles. The number of para-hydroxylation sites is 1. The van der Waals surface area contributed by atoms with Gasteiger partial charge in [0.15, 0.2) is 39.5 Å². The third-order valence-corrected chi connectivity index (χ3v) is 8.21. The fourth-order valence-corrected chi connectivity index (χ4v) is 6.30. The number of benzene rings is 3. The summed E-state index contributed by atoms with van der Waals surface area (Å²) in [6.07, 6.45) is 0.812. The van der Waals surface area contributed by atoms with Gasteiger partial charge in [-0.05, 0) is 67.8 Å². The van der Waals surface area contributed by atoms with Crippen LogP contribution in [0.2, 0.25) is 0 Å². The molecule has 220 valence electrons. The first kappa shape index (κ1) is 28.3. The average Bonchev–Trinajstić information content (AvgIpc) is 3.70. The van der Waals surface area contributed by atoms with Gasteiger partial charge in [0.25, 0.3) is 5.91 Å². The molecule has 0 radical (unpaired) electrons. The summed E-state index contributed by atoms with van der Waals surface area (Å²) >= 11 is 1.31. The number of Topliss-reactive ketones (excluding diaryl/α,β-unsaturated/α-hetero) is 1. The number of amides is 1. The van der Waals surface area contributed by atoms with Crippen molar-refractivity contribution in [3.63, 3.8) is 0 Å². The second kappa shape index (κ2) is 11.4. The van der Waals surface area contributed by atoms with Crippen LogP contribution in [0.1, 0.15) is 48.0 Å². The molecule has 1 N–H and O–H groups in total. The van der Waals surface area contributed by atoms with E-state index in [1.807, 2.05) is 39.0 Å². The lowest BCUT2D eigenvalue weighted by molar-refractivity contribution is -0.117. The number of carbonyl (C=O) groups excluding carboxylic acids is 2. The Bertz CT molecular complexity index is 1900. The summed E-state index contributed by atoms with van der Waals surface area (Å²) in [6.45, 7) is 6.73. The smallest absolute Gasteiger partial charge is 0.296 e. The third-order valence-electron chi connectivity index (χ3n) is 7.19. The molecule has 1 unspecified atom stereocenters. The quantitative estimate of drug-likeness (QED) is 0.166. The number of nitrogens with zero attached hydrogens (tertiary/aromatic N) is 2. The normalized spacial score (nSPS) is 15.1. The van der Waals surface area contributed by atoms with Crippen LogP contribution in [0.4, 0.5) is 5.13 Å².